The Kier molecular flexibility index (Phi) is 6.85. The number of hydrogen-bond donors (Lipinski definition) is 1. The van der Waals surface area contributed by atoms with E-state index in [1.165, 1.54) is 30.6 Å². The number of thiazole rings is 1. The maximum Gasteiger partial charge on any atom is 0.257 e. The number of piperidine rings is 1. The van der Waals surface area contributed by atoms with E-state index in [0.717, 1.165) is 37.6 Å². The highest BCUT2D eigenvalue weighted by Crippen LogP contribution is 2.21. The van der Waals surface area contributed by atoms with Crippen molar-refractivity contribution in [3.05, 3.63) is 40.9 Å². The lowest BCUT2D eigenvalue weighted by atomic mass is 10.1. The number of benzene rings is 1. The van der Waals surface area contributed by atoms with E-state index in [4.69, 9.17) is 0 Å². The molecule has 0 spiro atoms. The molecule has 0 saturated carbocycles. The predicted molar refractivity (Wildman–Crippen MR) is 114 cm³/mol. The van der Waals surface area contributed by atoms with Crippen molar-refractivity contribution in [2.45, 2.75) is 52.6 Å². The molecule has 1 aromatic heterocycles. The van der Waals surface area contributed by atoms with Crippen molar-refractivity contribution in [2.75, 3.05) is 29.9 Å². The summed E-state index contributed by atoms with van der Waals surface area (Å²) in [6.45, 7) is 10.6. The Morgan fingerprint density at radius 3 is 2.56 bits per heavy atom. The molecule has 0 unspecified atom stereocenters. The SMILES string of the molecule is CCN(c1ccc(C(=O)Nc2nc(CN3CCCCC3)cs2)cc1)C(C)C. The van der Waals surface area contributed by atoms with Crippen molar-refractivity contribution < 1.29 is 4.79 Å². The Morgan fingerprint density at radius 2 is 1.93 bits per heavy atom. The van der Waals surface area contributed by atoms with Crippen molar-refractivity contribution in [1.82, 2.24) is 9.88 Å². The fraction of sp³-hybridized carbons (Fsp3) is 0.524. The second kappa shape index (κ2) is 9.33. The van der Waals surface area contributed by atoms with Gasteiger partial charge in [0.15, 0.2) is 5.13 Å². The lowest BCUT2D eigenvalue weighted by molar-refractivity contribution is 0.102. The van der Waals surface area contributed by atoms with Crippen molar-refractivity contribution in [3.63, 3.8) is 0 Å². The first kappa shape index (κ1) is 19.8. The van der Waals surface area contributed by atoms with Gasteiger partial charge in [0.2, 0.25) is 0 Å². The van der Waals surface area contributed by atoms with Gasteiger partial charge in [-0.15, -0.1) is 11.3 Å². The summed E-state index contributed by atoms with van der Waals surface area (Å²) in [5.41, 5.74) is 2.84. The third-order valence-corrected chi connectivity index (χ3v) is 5.84. The van der Waals surface area contributed by atoms with Crippen LogP contribution in [0.4, 0.5) is 10.8 Å². The summed E-state index contributed by atoms with van der Waals surface area (Å²) in [6.07, 6.45) is 3.88. The van der Waals surface area contributed by atoms with E-state index in [1.54, 1.807) is 0 Å². The van der Waals surface area contributed by atoms with Gasteiger partial charge in [0.25, 0.3) is 5.91 Å². The lowest BCUT2D eigenvalue weighted by Crippen LogP contribution is -2.30. The molecule has 1 aliphatic heterocycles. The predicted octanol–water partition coefficient (Wildman–Crippen LogP) is 4.62. The average Bonchev–Trinajstić information content (AvgIpc) is 3.10. The molecule has 5 nitrogen and oxygen atoms in total. The van der Waals surface area contributed by atoms with Crippen LogP contribution >= 0.6 is 11.3 Å². The fourth-order valence-corrected chi connectivity index (χ4v) is 4.30. The van der Waals surface area contributed by atoms with Crippen LogP contribution in [0, 0.1) is 0 Å². The quantitative estimate of drug-likeness (QED) is 0.754. The normalized spacial score (nSPS) is 15.1. The maximum absolute atomic E-state index is 12.5. The molecule has 1 fully saturated rings. The summed E-state index contributed by atoms with van der Waals surface area (Å²) in [5.74, 6) is -0.104. The van der Waals surface area contributed by atoms with Gasteiger partial charge >= 0.3 is 0 Å². The molecule has 0 bridgehead atoms. The standard InChI is InChI=1S/C21H30N4OS/c1-4-25(16(2)3)19-10-8-17(9-11-19)20(26)23-21-22-18(15-27-21)14-24-12-6-5-7-13-24/h8-11,15-16H,4-7,12-14H2,1-3H3,(H,22,23,26). The van der Waals surface area contributed by atoms with Gasteiger partial charge in [-0.1, -0.05) is 6.42 Å². The maximum atomic E-state index is 12.5. The van der Waals surface area contributed by atoms with Gasteiger partial charge in [0.05, 0.1) is 5.69 Å². The molecule has 1 amide bonds. The molecular formula is C21H30N4OS. The molecule has 2 heterocycles. The van der Waals surface area contributed by atoms with Crippen LogP contribution in [-0.4, -0.2) is 41.5 Å². The van der Waals surface area contributed by atoms with E-state index in [1.807, 2.05) is 24.3 Å². The Hall–Kier alpha value is -1.92. The summed E-state index contributed by atoms with van der Waals surface area (Å²) in [4.78, 5) is 21.9. The zero-order chi connectivity index (χ0) is 19.2. The van der Waals surface area contributed by atoms with E-state index < -0.39 is 0 Å². The third-order valence-electron chi connectivity index (χ3n) is 5.03. The van der Waals surface area contributed by atoms with Crippen molar-refractivity contribution in [2.24, 2.45) is 0 Å². The molecule has 0 aliphatic carbocycles. The topological polar surface area (TPSA) is 48.5 Å². The van der Waals surface area contributed by atoms with Crippen LogP contribution < -0.4 is 10.2 Å². The van der Waals surface area contributed by atoms with Crippen molar-refractivity contribution >= 4 is 28.1 Å². The Labute approximate surface area is 166 Å². The summed E-state index contributed by atoms with van der Waals surface area (Å²) in [6, 6.07) is 8.24. The zero-order valence-corrected chi connectivity index (χ0v) is 17.4. The van der Waals surface area contributed by atoms with Gasteiger partial charge in [-0.2, -0.15) is 0 Å². The third kappa shape index (κ3) is 5.30. The van der Waals surface area contributed by atoms with Gasteiger partial charge < -0.3 is 4.90 Å². The second-order valence-electron chi connectivity index (χ2n) is 7.36. The number of nitrogens with zero attached hydrogens (tertiary/aromatic N) is 3. The minimum Gasteiger partial charge on any atom is -0.369 e. The van der Waals surface area contributed by atoms with Crippen LogP contribution in [0.2, 0.25) is 0 Å². The van der Waals surface area contributed by atoms with Crippen LogP contribution in [0.5, 0.6) is 0 Å². The van der Waals surface area contributed by atoms with Crippen molar-refractivity contribution in [3.8, 4) is 0 Å². The molecule has 6 heteroatoms. The number of carbonyl (C=O) groups excluding carboxylic acids is 1. The molecule has 0 atom stereocenters. The summed E-state index contributed by atoms with van der Waals surface area (Å²) in [7, 11) is 0. The minimum absolute atomic E-state index is 0.104. The Balaban J connectivity index is 1.58. The average molecular weight is 387 g/mol. The van der Waals surface area contributed by atoms with Crippen LogP contribution in [0.15, 0.2) is 29.6 Å². The first-order chi connectivity index (χ1) is 13.1. The van der Waals surface area contributed by atoms with Gasteiger partial charge in [-0.25, -0.2) is 4.98 Å². The number of anilines is 2. The largest absolute Gasteiger partial charge is 0.369 e. The number of nitrogens with one attached hydrogen (secondary N) is 1. The zero-order valence-electron chi connectivity index (χ0n) is 16.6. The highest BCUT2D eigenvalue weighted by atomic mass is 32.1. The van der Waals surface area contributed by atoms with Gasteiger partial charge in [-0.05, 0) is 71.0 Å². The lowest BCUT2D eigenvalue weighted by Gasteiger charge is -2.27. The van der Waals surface area contributed by atoms with E-state index in [2.05, 4.69) is 46.3 Å². The fourth-order valence-electron chi connectivity index (χ4n) is 3.60. The van der Waals surface area contributed by atoms with E-state index >= 15 is 0 Å². The second-order valence-corrected chi connectivity index (χ2v) is 8.22. The van der Waals surface area contributed by atoms with Crippen LogP contribution in [0.1, 0.15) is 56.1 Å². The molecule has 2 aromatic rings. The monoisotopic (exact) mass is 386 g/mol. The van der Waals surface area contributed by atoms with E-state index in [0.29, 0.717) is 16.7 Å². The number of aromatic nitrogens is 1. The summed E-state index contributed by atoms with van der Waals surface area (Å²) < 4.78 is 0. The number of amides is 1. The smallest absolute Gasteiger partial charge is 0.257 e. The first-order valence-electron chi connectivity index (χ1n) is 9.91. The van der Waals surface area contributed by atoms with E-state index in [9.17, 15) is 4.79 Å². The molecular weight excluding hydrogens is 356 g/mol. The number of carbonyl (C=O) groups is 1. The minimum atomic E-state index is -0.104. The van der Waals surface area contributed by atoms with Gasteiger partial charge in [0, 0.05) is 35.8 Å². The number of hydrogen-bond acceptors (Lipinski definition) is 5. The molecule has 1 N–H and O–H groups in total. The molecule has 146 valence electrons. The molecule has 27 heavy (non-hydrogen) atoms. The molecule has 1 aliphatic rings. The number of rotatable bonds is 7. The Bertz CT molecular complexity index is 735. The highest BCUT2D eigenvalue weighted by molar-refractivity contribution is 7.13. The summed E-state index contributed by atoms with van der Waals surface area (Å²) in [5, 5.41) is 5.66. The first-order valence-corrected chi connectivity index (χ1v) is 10.8. The Morgan fingerprint density at radius 1 is 1.22 bits per heavy atom. The highest BCUT2D eigenvalue weighted by Gasteiger charge is 2.14. The molecule has 0 radical (unpaired) electrons. The molecule has 3 rings (SSSR count). The van der Waals surface area contributed by atoms with Crippen LogP contribution in [-0.2, 0) is 6.54 Å². The summed E-state index contributed by atoms with van der Waals surface area (Å²) >= 11 is 1.50. The van der Waals surface area contributed by atoms with Crippen LogP contribution in [0.25, 0.3) is 0 Å². The molecule has 1 aromatic carbocycles. The molecule has 1 saturated heterocycles. The number of likely N-dealkylation sites (tertiary alicyclic amines) is 1. The van der Waals surface area contributed by atoms with Crippen LogP contribution in [0.3, 0.4) is 0 Å². The van der Waals surface area contributed by atoms with Crippen molar-refractivity contribution in [1.29, 1.82) is 0 Å². The van der Waals surface area contributed by atoms with Gasteiger partial charge in [0.1, 0.15) is 0 Å². The van der Waals surface area contributed by atoms with E-state index in [-0.39, 0.29) is 5.91 Å². The van der Waals surface area contributed by atoms with Gasteiger partial charge in [-0.3, -0.25) is 15.0 Å².